The van der Waals surface area contributed by atoms with Crippen molar-refractivity contribution in [2.24, 2.45) is 0 Å². The van der Waals surface area contributed by atoms with Gasteiger partial charge in [-0.3, -0.25) is 0 Å². The number of benzene rings is 1. The van der Waals surface area contributed by atoms with E-state index in [9.17, 15) is 0 Å². The molecule has 3 heteroatoms. The molecule has 1 aromatic rings. The predicted octanol–water partition coefficient (Wildman–Crippen LogP) is 3.36. The maximum Gasteiger partial charge on any atom is 0.0462 e. The quantitative estimate of drug-likeness (QED) is 0.740. The smallest absolute Gasteiger partial charge is 0.0462 e. The Morgan fingerprint density at radius 1 is 1.25 bits per heavy atom. The monoisotopic (exact) mass is 285 g/mol. The Morgan fingerprint density at radius 2 is 2.12 bits per heavy atom. The minimum absolute atomic E-state index is 0.881. The fourth-order valence-corrected chi connectivity index (χ4v) is 2.00. The van der Waals surface area contributed by atoms with Crippen molar-refractivity contribution in [2.45, 2.75) is 25.8 Å². The molecule has 0 radical (unpaired) electrons. The minimum Gasteiger partial charge on any atom is -0.385 e. The zero-order valence-electron chi connectivity index (χ0n) is 9.84. The molecule has 2 nitrogen and oxygen atoms in total. The molecule has 0 atom stereocenters. The van der Waals surface area contributed by atoms with Gasteiger partial charge in [0.25, 0.3) is 0 Å². The van der Waals surface area contributed by atoms with Gasteiger partial charge in [0.2, 0.25) is 0 Å². The number of rotatable bonds is 8. The Kier molecular flexibility index (Phi) is 7.47. The third-order valence-corrected chi connectivity index (χ3v) is 2.91. The second-order valence-electron chi connectivity index (χ2n) is 3.86. The fraction of sp³-hybridized carbons (Fsp3) is 0.538. The Morgan fingerprint density at radius 3 is 2.88 bits per heavy atom. The largest absolute Gasteiger partial charge is 0.385 e. The first-order valence-electron chi connectivity index (χ1n) is 5.77. The minimum atomic E-state index is 0.881. The Balaban J connectivity index is 2.03. The molecule has 0 heterocycles. The zero-order valence-corrected chi connectivity index (χ0v) is 11.4. The van der Waals surface area contributed by atoms with Gasteiger partial charge in [0, 0.05) is 24.7 Å². The number of ether oxygens (including phenoxy) is 1. The van der Waals surface area contributed by atoms with E-state index in [1.165, 1.54) is 18.4 Å². The van der Waals surface area contributed by atoms with Crippen molar-refractivity contribution in [1.82, 2.24) is 5.32 Å². The standard InChI is InChI=1S/C13H20BrNO/c1-16-9-4-2-3-8-15-11-12-6-5-7-13(14)10-12/h5-7,10,15H,2-4,8-9,11H2,1H3. The first kappa shape index (κ1) is 13.7. The fourth-order valence-electron chi connectivity index (χ4n) is 1.55. The summed E-state index contributed by atoms with van der Waals surface area (Å²) in [6.07, 6.45) is 3.62. The molecular formula is C13H20BrNO. The predicted molar refractivity (Wildman–Crippen MR) is 71.6 cm³/mol. The highest BCUT2D eigenvalue weighted by atomic mass is 79.9. The maximum atomic E-state index is 5.01. The van der Waals surface area contributed by atoms with Crippen LogP contribution in [0.1, 0.15) is 24.8 Å². The summed E-state index contributed by atoms with van der Waals surface area (Å²) < 4.78 is 6.15. The molecule has 0 amide bonds. The molecule has 0 aliphatic rings. The zero-order chi connectivity index (χ0) is 11.6. The van der Waals surface area contributed by atoms with E-state index in [4.69, 9.17) is 4.74 Å². The van der Waals surface area contributed by atoms with Gasteiger partial charge in [-0.15, -0.1) is 0 Å². The number of halogens is 1. The lowest BCUT2D eigenvalue weighted by molar-refractivity contribution is 0.192. The Bertz CT molecular complexity index is 291. The summed E-state index contributed by atoms with van der Waals surface area (Å²) in [5.74, 6) is 0. The number of hydrogen-bond donors (Lipinski definition) is 1. The highest BCUT2D eigenvalue weighted by Gasteiger charge is 1.93. The summed E-state index contributed by atoms with van der Waals surface area (Å²) in [5, 5.41) is 3.44. The Hall–Kier alpha value is -0.380. The maximum absolute atomic E-state index is 5.01. The van der Waals surface area contributed by atoms with E-state index >= 15 is 0 Å². The van der Waals surface area contributed by atoms with Crippen molar-refractivity contribution in [3.05, 3.63) is 34.3 Å². The number of methoxy groups -OCH3 is 1. The molecule has 90 valence electrons. The molecule has 16 heavy (non-hydrogen) atoms. The normalized spacial score (nSPS) is 10.6. The van der Waals surface area contributed by atoms with E-state index in [1.807, 2.05) is 6.07 Å². The van der Waals surface area contributed by atoms with Gasteiger partial charge in [0.1, 0.15) is 0 Å². The van der Waals surface area contributed by atoms with Gasteiger partial charge < -0.3 is 10.1 Å². The molecular weight excluding hydrogens is 266 g/mol. The number of unbranched alkanes of at least 4 members (excludes halogenated alkanes) is 2. The SMILES string of the molecule is COCCCCCNCc1cccc(Br)c1. The van der Waals surface area contributed by atoms with E-state index in [0.29, 0.717) is 0 Å². The molecule has 0 bridgehead atoms. The van der Waals surface area contributed by atoms with Crippen LogP contribution in [-0.4, -0.2) is 20.3 Å². The molecule has 0 saturated carbocycles. The highest BCUT2D eigenvalue weighted by Crippen LogP contribution is 2.11. The van der Waals surface area contributed by atoms with E-state index < -0.39 is 0 Å². The van der Waals surface area contributed by atoms with Crippen LogP contribution < -0.4 is 5.32 Å². The first-order chi connectivity index (χ1) is 7.83. The molecule has 1 N–H and O–H groups in total. The van der Waals surface area contributed by atoms with Gasteiger partial charge in [-0.2, -0.15) is 0 Å². The lowest BCUT2D eigenvalue weighted by atomic mass is 10.2. The Labute approximate surface area is 107 Å². The molecule has 0 fully saturated rings. The molecule has 1 rings (SSSR count). The summed E-state index contributed by atoms with van der Waals surface area (Å²) in [4.78, 5) is 0. The van der Waals surface area contributed by atoms with Crippen LogP contribution >= 0.6 is 15.9 Å². The van der Waals surface area contributed by atoms with Gasteiger partial charge in [-0.1, -0.05) is 28.1 Å². The molecule has 0 aromatic heterocycles. The summed E-state index contributed by atoms with van der Waals surface area (Å²) >= 11 is 3.47. The summed E-state index contributed by atoms with van der Waals surface area (Å²) in [6, 6.07) is 8.41. The third-order valence-electron chi connectivity index (χ3n) is 2.42. The van der Waals surface area contributed by atoms with Crippen molar-refractivity contribution in [3.8, 4) is 0 Å². The first-order valence-corrected chi connectivity index (χ1v) is 6.56. The number of nitrogens with one attached hydrogen (secondary N) is 1. The van der Waals surface area contributed by atoms with Crippen LogP contribution in [0, 0.1) is 0 Å². The van der Waals surface area contributed by atoms with Gasteiger partial charge in [0.05, 0.1) is 0 Å². The lowest BCUT2D eigenvalue weighted by Gasteiger charge is -2.05. The second-order valence-corrected chi connectivity index (χ2v) is 4.78. The highest BCUT2D eigenvalue weighted by molar-refractivity contribution is 9.10. The number of hydrogen-bond acceptors (Lipinski definition) is 2. The molecule has 1 aromatic carbocycles. The van der Waals surface area contributed by atoms with Crippen LogP contribution in [0.25, 0.3) is 0 Å². The van der Waals surface area contributed by atoms with Crippen molar-refractivity contribution >= 4 is 15.9 Å². The third kappa shape index (κ3) is 6.26. The van der Waals surface area contributed by atoms with Crippen LogP contribution in [0.5, 0.6) is 0 Å². The van der Waals surface area contributed by atoms with E-state index in [1.54, 1.807) is 7.11 Å². The topological polar surface area (TPSA) is 21.3 Å². The second kappa shape index (κ2) is 8.74. The van der Waals surface area contributed by atoms with Crippen molar-refractivity contribution in [2.75, 3.05) is 20.3 Å². The van der Waals surface area contributed by atoms with E-state index in [-0.39, 0.29) is 0 Å². The van der Waals surface area contributed by atoms with Crippen molar-refractivity contribution in [1.29, 1.82) is 0 Å². The van der Waals surface area contributed by atoms with Gasteiger partial charge in [0.15, 0.2) is 0 Å². The van der Waals surface area contributed by atoms with Crippen molar-refractivity contribution < 1.29 is 4.74 Å². The summed E-state index contributed by atoms with van der Waals surface area (Å²) in [6.45, 7) is 2.91. The van der Waals surface area contributed by atoms with Crippen LogP contribution in [0.2, 0.25) is 0 Å². The van der Waals surface area contributed by atoms with Gasteiger partial charge >= 0.3 is 0 Å². The molecule has 0 aliphatic carbocycles. The summed E-state index contributed by atoms with van der Waals surface area (Å²) in [7, 11) is 1.76. The van der Waals surface area contributed by atoms with Crippen LogP contribution in [0.4, 0.5) is 0 Å². The van der Waals surface area contributed by atoms with E-state index in [0.717, 1.165) is 30.6 Å². The van der Waals surface area contributed by atoms with Crippen LogP contribution in [0.15, 0.2) is 28.7 Å². The molecule has 0 spiro atoms. The van der Waals surface area contributed by atoms with Gasteiger partial charge in [-0.05, 0) is 43.5 Å². The summed E-state index contributed by atoms with van der Waals surface area (Å²) in [5.41, 5.74) is 1.33. The lowest BCUT2D eigenvalue weighted by Crippen LogP contribution is -2.14. The molecule has 0 unspecified atom stereocenters. The van der Waals surface area contributed by atoms with Crippen molar-refractivity contribution in [3.63, 3.8) is 0 Å². The molecule has 0 aliphatic heterocycles. The van der Waals surface area contributed by atoms with Crippen LogP contribution in [0.3, 0.4) is 0 Å². The van der Waals surface area contributed by atoms with E-state index in [2.05, 4.69) is 39.4 Å². The average molecular weight is 286 g/mol. The van der Waals surface area contributed by atoms with Gasteiger partial charge in [-0.25, -0.2) is 0 Å². The molecule has 0 saturated heterocycles. The average Bonchev–Trinajstić information content (AvgIpc) is 2.28. The van der Waals surface area contributed by atoms with Crippen LogP contribution in [-0.2, 0) is 11.3 Å².